The minimum absolute atomic E-state index is 0.297. The van der Waals surface area contributed by atoms with E-state index >= 15 is 0 Å². The number of hydroxylamine groups is 1. The molecule has 0 saturated carbocycles. The summed E-state index contributed by atoms with van der Waals surface area (Å²) >= 11 is 0. The maximum atomic E-state index is 10.7. The first kappa shape index (κ1) is 10.1. The molecule has 0 bridgehead atoms. The fourth-order valence-electron chi connectivity index (χ4n) is 0.533. The van der Waals surface area contributed by atoms with E-state index in [1.807, 2.05) is 6.92 Å². The number of unbranched alkanes of at least 4 members (excludes halogenated alkanes) is 1. The zero-order valence-corrected chi connectivity index (χ0v) is 6.63. The van der Waals surface area contributed by atoms with E-state index in [1.165, 1.54) is 0 Å². The minimum atomic E-state index is -0.311. The van der Waals surface area contributed by atoms with Crippen molar-refractivity contribution in [3.63, 3.8) is 0 Å². The molecule has 0 radical (unpaired) electrons. The average Bonchev–Trinajstić information content (AvgIpc) is 2.01. The van der Waals surface area contributed by atoms with E-state index in [0.717, 1.165) is 6.29 Å². The number of aldehydes is 1. The van der Waals surface area contributed by atoms with Crippen LogP contribution in [0.15, 0.2) is 0 Å². The van der Waals surface area contributed by atoms with Crippen LogP contribution in [0.25, 0.3) is 0 Å². The fraction of sp³-hybridized carbons (Fsp3) is 0.714. The number of carbonyl (C=O) groups excluding carboxylic acids is 2. The molecule has 0 amide bonds. The molecule has 0 aromatic carbocycles. The van der Waals surface area contributed by atoms with Crippen LogP contribution in [0.4, 0.5) is 0 Å². The average molecular weight is 159 g/mol. The molecule has 0 aliphatic rings. The highest BCUT2D eigenvalue weighted by Gasteiger charge is 2.00. The van der Waals surface area contributed by atoms with Gasteiger partial charge in [-0.25, -0.2) is 0 Å². The first-order valence-electron chi connectivity index (χ1n) is 3.67. The lowest BCUT2D eigenvalue weighted by Crippen LogP contribution is -2.18. The Bertz CT molecular complexity index is 125. The van der Waals surface area contributed by atoms with Crippen molar-refractivity contribution >= 4 is 12.3 Å². The molecular weight excluding hydrogens is 146 g/mol. The molecule has 0 fully saturated rings. The Kier molecular flexibility index (Phi) is 6.62. The second kappa shape index (κ2) is 7.21. The Morgan fingerprint density at radius 3 is 2.91 bits per heavy atom. The summed E-state index contributed by atoms with van der Waals surface area (Å²) < 4.78 is 0. The molecule has 11 heavy (non-hydrogen) atoms. The molecule has 0 heterocycles. The Morgan fingerprint density at radius 2 is 2.36 bits per heavy atom. The molecule has 0 aliphatic carbocycles. The van der Waals surface area contributed by atoms with Gasteiger partial charge in [0, 0.05) is 19.4 Å². The Hall–Kier alpha value is -0.900. The molecule has 0 aromatic rings. The molecule has 4 heteroatoms. The molecule has 1 N–H and O–H groups in total. The van der Waals surface area contributed by atoms with Crippen molar-refractivity contribution in [1.82, 2.24) is 5.48 Å². The van der Waals surface area contributed by atoms with Crippen molar-refractivity contribution in [2.24, 2.45) is 0 Å². The van der Waals surface area contributed by atoms with Gasteiger partial charge in [0.2, 0.25) is 0 Å². The van der Waals surface area contributed by atoms with E-state index < -0.39 is 0 Å². The van der Waals surface area contributed by atoms with Crippen LogP contribution in [-0.2, 0) is 14.4 Å². The van der Waals surface area contributed by atoms with Crippen LogP contribution in [-0.4, -0.2) is 18.8 Å². The van der Waals surface area contributed by atoms with Crippen molar-refractivity contribution in [1.29, 1.82) is 0 Å². The SMILES string of the molecule is CCNOC(=O)CCCC=O. The van der Waals surface area contributed by atoms with Gasteiger partial charge in [-0.1, -0.05) is 0 Å². The van der Waals surface area contributed by atoms with E-state index in [4.69, 9.17) is 0 Å². The molecule has 0 unspecified atom stereocenters. The van der Waals surface area contributed by atoms with Crippen molar-refractivity contribution in [2.75, 3.05) is 6.54 Å². The van der Waals surface area contributed by atoms with Crippen molar-refractivity contribution < 1.29 is 14.4 Å². The minimum Gasteiger partial charge on any atom is -0.371 e. The van der Waals surface area contributed by atoms with Gasteiger partial charge in [0.15, 0.2) is 0 Å². The summed E-state index contributed by atoms with van der Waals surface area (Å²) in [5.41, 5.74) is 2.44. The second-order valence-electron chi connectivity index (χ2n) is 2.03. The van der Waals surface area contributed by atoms with E-state index in [2.05, 4.69) is 10.3 Å². The molecule has 0 atom stereocenters. The summed E-state index contributed by atoms with van der Waals surface area (Å²) in [7, 11) is 0. The lowest BCUT2D eigenvalue weighted by atomic mass is 10.2. The van der Waals surface area contributed by atoms with E-state index in [0.29, 0.717) is 25.8 Å². The molecule has 0 aliphatic heterocycles. The predicted molar refractivity (Wildman–Crippen MR) is 39.7 cm³/mol. The number of hydrogen-bond acceptors (Lipinski definition) is 4. The number of hydrogen-bond donors (Lipinski definition) is 1. The molecule has 64 valence electrons. The normalized spacial score (nSPS) is 9.18. The van der Waals surface area contributed by atoms with Crippen LogP contribution >= 0.6 is 0 Å². The van der Waals surface area contributed by atoms with Crippen LogP contribution in [0.2, 0.25) is 0 Å². The molecule has 0 saturated heterocycles. The van der Waals surface area contributed by atoms with Gasteiger partial charge < -0.3 is 9.63 Å². The smallest absolute Gasteiger partial charge is 0.324 e. The summed E-state index contributed by atoms with van der Waals surface area (Å²) in [6.45, 7) is 2.43. The van der Waals surface area contributed by atoms with Gasteiger partial charge in [0.25, 0.3) is 0 Å². The number of carbonyl (C=O) groups is 2. The van der Waals surface area contributed by atoms with E-state index in [9.17, 15) is 9.59 Å². The molecular formula is C7H13NO3. The monoisotopic (exact) mass is 159 g/mol. The largest absolute Gasteiger partial charge is 0.371 e. The van der Waals surface area contributed by atoms with E-state index in [1.54, 1.807) is 0 Å². The van der Waals surface area contributed by atoms with Crippen molar-refractivity contribution in [2.45, 2.75) is 26.2 Å². The lowest BCUT2D eigenvalue weighted by Gasteiger charge is -2.00. The Labute approximate surface area is 65.9 Å². The molecule has 0 spiro atoms. The fourth-order valence-corrected chi connectivity index (χ4v) is 0.533. The molecule has 0 aromatic heterocycles. The third kappa shape index (κ3) is 6.99. The number of rotatable bonds is 6. The van der Waals surface area contributed by atoms with Crippen LogP contribution in [0.1, 0.15) is 26.2 Å². The maximum Gasteiger partial charge on any atom is 0.324 e. The quantitative estimate of drug-likeness (QED) is 0.347. The first-order chi connectivity index (χ1) is 5.31. The predicted octanol–water partition coefficient (Wildman–Crippen LogP) is 0.423. The zero-order valence-electron chi connectivity index (χ0n) is 6.63. The molecule has 4 nitrogen and oxygen atoms in total. The molecule has 0 rings (SSSR count). The van der Waals surface area contributed by atoms with Gasteiger partial charge in [-0.05, 0) is 13.3 Å². The van der Waals surface area contributed by atoms with Gasteiger partial charge in [-0.2, -0.15) is 5.48 Å². The highest BCUT2D eigenvalue weighted by molar-refractivity contribution is 5.69. The van der Waals surface area contributed by atoms with Crippen LogP contribution in [0.5, 0.6) is 0 Å². The third-order valence-corrected chi connectivity index (χ3v) is 1.03. The summed E-state index contributed by atoms with van der Waals surface area (Å²) in [5, 5.41) is 0. The summed E-state index contributed by atoms with van der Waals surface area (Å²) in [4.78, 5) is 25.0. The van der Waals surface area contributed by atoms with Gasteiger partial charge in [-0.15, -0.1) is 0 Å². The van der Waals surface area contributed by atoms with Crippen LogP contribution in [0, 0.1) is 0 Å². The summed E-state index contributed by atoms with van der Waals surface area (Å²) in [6, 6.07) is 0. The van der Waals surface area contributed by atoms with Gasteiger partial charge >= 0.3 is 5.97 Å². The Morgan fingerprint density at radius 1 is 1.64 bits per heavy atom. The highest BCUT2D eigenvalue weighted by Crippen LogP contribution is 1.93. The maximum absolute atomic E-state index is 10.7. The topological polar surface area (TPSA) is 55.4 Å². The summed E-state index contributed by atoms with van der Waals surface area (Å²) in [6.07, 6.45) is 2.07. The van der Waals surface area contributed by atoms with Crippen LogP contribution in [0.3, 0.4) is 0 Å². The lowest BCUT2D eigenvalue weighted by molar-refractivity contribution is -0.151. The van der Waals surface area contributed by atoms with Gasteiger partial charge in [0.05, 0.1) is 0 Å². The highest BCUT2D eigenvalue weighted by atomic mass is 16.7. The second-order valence-corrected chi connectivity index (χ2v) is 2.03. The first-order valence-corrected chi connectivity index (χ1v) is 3.67. The van der Waals surface area contributed by atoms with E-state index in [-0.39, 0.29) is 5.97 Å². The zero-order chi connectivity index (χ0) is 8.53. The van der Waals surface area contributed by atoms with Crippen molar-refractivity contribution in [3.8, 4) is 0 Å². The van der Waals surface area contributed by atoms with Crippen LogP contribution < -0.4 is 5.48 Å². The Balaban J connectivity index is 3.15. The third-order valence-electron chi connectivity index (χ3n) is 1.03. The van der Waals surface area contributed by atoms with Crippen molar-refractivity contribution in [3.05, 3.63) is 0 Å². The summed E-state index contributed by atoms with van der Waals surface area (Å²) in [5.74, 6) is -0.311. The van der Waals surface area contributed by atoms with Gasteiger partial charge in [0.1, 0.15) is 6.29 Å². The van der Waals surface area contributed by atoms with Gasteiger partial charge in [-0.3, -0.25) is 4.79 Å². The number of nitrogens with one attached hydrogen (secondary N) is 1. The standard InChI is InChI=1S/C7H13NO3/c1-2-8-11-7(10)5-3-4-6-9/h6,8H,2-5H2,1H3.